The van der Waals surface area contributed by atoms with Crippen molar-refractivity contribution in [3.8, 4) is 0 Å². The van der Waals surface area contributed by atoms with Crippen molar-refractivity contribution < 1.29 is 9.90 Å². The lowest BCUT2D eigenvalue weighted by Gasteiger charge is -2.53. The number of ketones is 1. The second kappa shape index (κ2) is 3.94. The minimum atomic E-state index is -0.779. The van der Waals surface area contributed by atoms with Crippen LogP contribution >= 0.6 is 0 Å². The van der Waals surface area contributed by atoms with Crippen LogP contribution in [0.1, 0.15) is 53.4 Å². The Morgan fingerprint density at radius 1 is 1.47 bits per heavy atom. The van der Waals surface area contributed by atoms with Crippen LogP contribution < -0.4 is 0 Å². The van der Waals surface area contributed by atoms with Crippen molar-refractivity contribution in [3.05, 3.63) is 11.6 Å². The summed E-state index contributed by atoms with van der Waals surface area (Å²) in [7, 11) is 0. The van der Waals surface area contributed by atoms with Crippen molar-refractivity contribution in [2.75, 3.05) is 0 Å². The van der Waals surface area contributed by atoms with Gasteiger partial charge in [0, 0.05) is 11.8 Å². The zero-order chi connectivity index (χ0) is 12.8. The predicted octanol–water partition coefficient (Wildman–Crippen LogP) is 3.10. The molecule has 0 amide bonds. The van der Waals surface area contributed by atoms with Gasteiger partial charge in [0.2, 0.25) is 0 Å². The molecule has 0 aromatic carbocycles. The topological polar surface area (TPSA) is 37.3 Å². The highest BCUT2D eigenvalue weighted by Gasteiger charge is 2.54. The summed E-state index contributed by atoms with van der Waals surface area (Å²) in [5.74, 6) is 0.703. The van der Waals surface area contributed by atoms with E-state index in [4.69, 9.17) is 0 Å². The Morgan fingerprint density at radius 3 is 2.71 bits per heavy atom. The van der Waals surface area contributed by atoms with E-state index in [0.29, 0.717) is 6.42 Å². The van der Waals surface area contributed by atoms with Crippen LogP contribution in [0.3, 0.4) is 0 Å². The molecule has 3 unspecified atom stereocenters. The van der Waals surface area contributed by atoms with Crippen LogP contribution in [0.2, 0.25) is 0 Å². The van der Waals surface area contributed by atoms with Crippen molar-refractivity contribution in [3.63, 3.8) is 0 Å². The molecule has 2 nitrogen and oxygen atoms in total. The molecule has 2 aliphatic rings. The highest BCUT2D eigenvalue weighted by atomic mass is 16.3. The van der Waals surface area contributed by atoms with Gasteiger partial charge in [-0.1, -0.05) is 34.1 Å². The molecule has 1 saturated carbocycles. The average molecular weight is 236 g/mol. The second-order valence-electron chi connectivity index (χ2n) is 6.53. The van der Waals surface area contributed by atoms with E-state index in [9.17, 15) is 9.90 Å². The quantitative estimate of drug-likeness (QED) is 0.759. The molecule has 0 saturated heterocycles. The van der Waals surface area contributed by atoms with Crippen LogP contribution in [-0.4, -0.2) is 16.5 Å². The Morgan fingerprint density at radius 2 is 2.12 bits per heavy atom. The van der Waals surface area contributed by atoms with E-state index in [1.165, 1.54) is 0 Å². The van der Waals surface area contributed by atoms with E-state index in [-0.39, 0.29) is 23.0 Å². The van der Waals surface area contributed by atoms with Gasteiger partial charge in [0.15, 0.2) is 5.78 Å². The van der Waals surface area contributed by atoms with Crippen LogP contribution in [0.15, 0.2) is 11.6 Å². The fourth-order valence-electron chi connectivity index (χ4n) is 3.62. The summed E-state index contributed by atoms with van der Waals surface area (Å²) in [4.78, 5) is 12.2. The van der Waals surface area contributed by atoms with Crippen molar-refractivity contribution in [1.82, 2.24) is 0 Å². The Kier molecular flexibility index (Phi) is 2.97. The van der Waals surface area contributed by atoms with E-state index >= 15 is 0 Å². The summed E-state index contributed by atoms with van der Waals surface area (Å²) in [6.07, 6.45) is 5.55. The molecular formula is C15H24O2. The normalized spacial score (nSPS) is 42.4. The lowest BCUT2D eigenvalue weighted by molar-refractivity contribution is -0.139. The van der Waals surface area contributed by atoms with Crippen molar-refractivity contribution in [1.29, 1.82) is 0 Å². The second-order valence-corrected chi connectivity index (χ2v) is 6.53. The molecule has 0 heterocycles. The number of Topliss-reactive ketones (excluding diaryl/α,β-unsaturated/α-hetero) is 1. The molecule has 0 aromatic heterocycles. The summed E-state index contributed by atoms with van der Waals surface area (Å²) >= 11 is 0. The Hall–Kier alpha value is -0.630. The van der Waals surface area contributed by atoms with E-state index in [2.05, 4.69) is 13.8 Å². The number of hydrogen-bond donors (Lipinski definition) is 1. The maximum atomic E-state index is 12.2. The number of fused-ring (bicyclic) bond motifs is 1. The Bertz CT molecular complexity index is 369. The van der Waals surface area contributed by atoms with Crippen molar-refractivity contribution in [2.45, 2.75) is 59.0 Å². The minimum absolute atomic E-state index is 0.213. The standard InChI is InChI=1S/C15H24O2/c1-10(2)12-8-15(17)11(3)6-5-7-14(15,4)9-13(12)16/h8,10-11,17H,5-7,9H2,1-4H3. The molecule has 3 atom stereocenters. The van der Waals surface area contributed by atoms with Crippen LogP contribution in [0.5, 0.6) is 0 Å². The molecule has 0 aromatic rings. The third kappa shape index (κ3) is 1.77. The number of carbonyl (C=O) groups is 1. The average Bonchev–Trinajstić information content (AvgIpc) is 2.21. The maximum Gasteiger partial charge on any atom is 0.159 e. The van der Waals surface area contributed by atoms with E-state index in [0.717, 1.165) is 24.8 Å². The van der Waals surface area contributed by atoms with Gasteiger partial charge in [0.1, 0.15) is 0 Å². The summed E-state index contributed by atoms with van der Waals surface area (Å²) < 4.78 is 0. The molecular weight excluding hydrogens is 212 g/mol. The molecule has 1 fully saturated rings. The molecule has 1 N–H and O–H groups in total. The number of carbonyl (C=O) groups excluding carboxylic acids is 1. The predicted molar refractivity (Wildman–Crippen MR) is 68.6 cm³/mol. The molecule has 0 aliphatic heterocycles. The third-order valence-electron chi connectivity index (χ3n) is 4.95. The van der Waals surface area contributed by atoms with Gasteiger partial charge in [-0.2, -0.15) is 0 Å². The third-order valence-corrected chi connectivity index (χ3v) is 4.95. The van der Waals surface area contributed by atoms with Gasteiger partial charge in [0.05, 0.1) is 5.60 Å². The molecule has 2 heteroatoms. The highest BCUT2D eigenvalue weighted by molar-refractivity contribution is 5.97. The molecule has 96 valence electrons. The summed E-state index contributed by atoms with van der Waals surface area (Å²) in [6.45, 7) is 8.25. The summed E-state index contributed by atoms with van der Waals surface area (Å²) in [5.41, 5.74) is -0.197. The van der Waals surface area contributed by atoms with Gasteiger partial charge >= 0.3 is 0 Å². The van der Waals surface area contributed by atoms with E-state index in [1.807, 2.05) is 19.9 Å². The molecule has 2 aliphatic carbocycles. The maximum absolute atomic E-state index is 12.2. The van der Waals surface area contributed by atoms with E-state index in [1.54, 1.807) is 0 Å². The largest absolute Gasteiger partial charge is 0.385 e. The monoisotopic (exact) mass is 236 g/mol. The van der Waals surface area contributed by atoms with Crippen LogP contribution in [0.25, 0.3) is 0 Å². The van der Waals surface area contributed by atoms with Gasteiger partial charge in [-0.25, -0.2) is 0 Å². The molecule has 2 rings (SSSR count). The van der Waals surface area contributed by atoms with Gasteiger partial charge < -0.3 is 5.11 Å². The number of allylic oxidation sites excluding steroid dienone is 1. The number of aliphatic hydroxyl groups is 1. The summed E-state index contributed by atoms with van der Waals surface area (Å²) in [6, 6.07) is 0. The molecule has 17 heavy (non-hydrogen) atoms. The van der Waals surface area contributed by atoms with Gasteiger partial charge in [-0.15, -0.1) is 0 Å². The first-order valence-electron chi connectivity index (χ1n) is 6.78. The van der Waals surface area contributed by atoms with Gasteiger partial charge in [-0.3, -0.25) is 4.79 Å². The van der Waals surface area contributed by atoms with Gasteiger partial charge in [-0.05, 0) is 36.3 Å². The van der Waals surface area contributed by atoms with Crippen molar-refractivity contribution >= 4 is 5.78 Å². The molecule has 0 bridgehead atoms. The fraction of sp³-hybridized carbons (Fsp3) is 0.800. The first-order valence-corrected chi connectivity index (χ1v) is 6.78. The van der Waals surface area contributed by atoms with Crippen molar-refractivity contribution in [2.24, 2.45) is 17.3 Å². The number of rotatable bonds is 1. The number of hydrogen-bond acceptors (Lipinski definition) is 2. The minimum Gasteiger partial charge on any atom is -0.385 e. The first-order chi connectivity index (χ1) is 7.80. The zero-order valence-corrected chi connectivity index (χ0v) is 11.4. The Balaban J connectivity index is 2.49. The van der Waals surface area contributed by atoms with Crippen LogP contribution in [0, 0.1) is 17.3 Å². The van der Waals surface area contributed by atoms with Crippen LogP contribution in [0.4, 0.5) is 0 Å². The smallest absolute Gasteiger partial charge is 0.159 e. The zero-order valence-electron chi connectivity index (χ0n) is 11.4. The Labute approximate surface area is 104 Å². The molecule has 0 radical (unpaired) electrons. The van der Waals surface area contributed by atoms with E-state index < -0.39 is 5.60 Å². The lowest BCUT2D eigenvalue weighted by Crippen LogP contribution is -2.56. The SMILES string of the molecule is CC(C)C1=CC2(O)C(C)CCCC2(C)CC1=O. The fourth-order valence-corrected chi connectivity index (χ4v) is 3.62. The lowest BCUT2D eigenvalue weighted by atomic mass is 9.54. The molecule has 0 spiro atoms. The summed E-state index contributed by atoms with van der Waals surface area (Å²) in [5, 5.41) is 11.0. The van der Waals surface area contributed by atoms with Crippen LogP contribution in [-0.2, 0) is 4.79 Å². The first kappa shape index (κ1) is 12.8. The van der Waals surface area contributed by atoms with Gasteiger partial charge in [0.25, 0.3) is 0 Å². The highest BCUT2D eigenvalue weighted by Crippen LogP contribution is 2.53.